The Kier molecular flexibility index (Phi) is 6.86. The molecule has 1 aliphatic heterocycles. The third kappa shape index (κ3) is 4.65. The number of piperidine rings is 1. The Labute approximate surface area is 158 Å². The van der Waals surface area contributed by atoms with E-state index in [-0.39, 0.29) is 16.8 Å². The minimum Gasteiger partial charge on any atom is -0.349 e. The fourth-order valence-corrected chi connectivity index (χ4v) is 5.14. The molecule has 1 fully saturated rings. The number of carbonyl (C=O) groups excluding carboxylic acids is 1. The molecule has 6 heteroatoms. The molecule has 26 heavy (non-hydrogen) atoms. The van der Waals surface area contributed by atoms with Gasteiger partial charge in [0.2, 0.25) is 10.0 Å². The zero-order valence-corrected chi connectivity index (χ0v) is 17.4. The molecule has 0 spiro atoms. The fourth-order valence-electron chi connectivity index (χ4n) is 3.59. The number of aryl methyl sites for hydroxylation is 1. The lowest BCUT2D eigenvalue weighted by molar-refractivity contribution is 0.0909. The van der Waals surface area contributed by atoms with Crippen molar-refractivity contribution in [2.75, 3.05) is 13.1 Å². The van der Waals surface area contributed by atoms with E-state index in [0.29, 0.717) is 30.5 Å². The summed E-state index contributed by atoms with van der Waals surface area (Å²) < 4.78 is 27.3. The predicted molar refractivity (Wildman–Crippen MR) is 105 cm³/mol. The van der Waals surface area contributed by atoms with Gasteiger partial charge in [0.15, 0.2) is 0 Å². The molecule has 0 atom stereocenters. The molecular weight excluding hydrogens is 348 g/mol. The highest BCUT2D eigenvalue weighted by atomic mass is 32.2. The Bertz CT molecular complexity index is 727. The Morgan fingerprint density at radius 1 is 1.04 bits per heavy atom. The molecule has 1 amide bonds. The van der Waals surface area contributed by atoms with Gasteiger partial charge < -0.3 is 5.32 Å². The number of nitrogens with zero attached hydrogens (tertiary/aromatic N) is 1. The van der Waals surface area contributed by atoms with Crippen molar-refractivity contribution in [2.45, 2.75) is 64.8 Å². The van der Waals surface area contributed by atoms with Gasteiger partial charge >= 0.3 is 0 Å². The van der Waals surface area contributed by atoms with Crippen molar-refractivity contribution >= 4 is 15.9 Å². The Morgan fingerprint density at radius 3 is 2.15 bits per heavy atom. The maximum absolute atomic E-state index is 12.9. The lowest BCUT2D eigenvalue weighted by Crippen LogP contribution is -2.42. The molecule has 2 rings (SSSR count). The lowest BCUT2D eigenvalue weighted by Gasteiger charge is -2.27. The smallest absolute Gasteiger partial charge is 0.251 e. The third-order valence-corrected chi connectivity index (χ3v) is 7.04. The lowest BCUT2D eigenvalue weighted by atomic mass is 9.93. The van der Waals surface area contributed by atoms with E-state index in [1.165, 1.54) is 10.4 Å². The van der Waals surface area contributed by atoms with Gasteiger partial charge in [0.25, 0.3) is 5.91 Å². The first-order valence-electron chi connectivity index (χ1n) is 9.56. The van der Waals surface area contributed by atoms with Crippen molar-refractivity contribution in [1.82, 2.24) is 9.62 Å². The fraction of sp³-hybridized carbons (Fsp3) is 0.650. The highest BCUT2D eigenvalue weighted by Gasteiger charge is 2.28. The SMILES string of the molecule is Cc1ccc(S(=O)(=O)N2CCCCC2)cc1C(=O)NC(C(C)C)C(C)C. The van der Waals surface area contributed by atoms with Crippen molar-refractivity contribution in [3.63, 3.8) is 0 Å². The van der Waals surface area contributed by atoms with Gasteiger partial charge in [-0.2, -0.15) is 4.31 Å². The normalized spacial score (nSPS) is 16.5. The van der Waals surface area contributed by atoms with Crippen LogP contribution in [0.15, 0.2) is 23.1 Å². The van der Waals surface area contributed by atoms with Crippen molar-refractivity contribution in [1.29, 1.82) is 0 Å². The first kappa shape index (κ1) is 20.9. The maximum atomic E-state index is 12.9. The van der Waals surface area contributed by atoms with Crippen molar-refractivity contribution in [3.8, 4) is 0 Å². The van der Waals surface area contributed by atoms with E-state index in [0.717, 1.165) is 24.8 Å². The second-order valence-corrected chi connectivity index (χ2v) is 9.87. The number of carbonyl (C=O) groups is 1. The van der Waals surface area contributed by atoms with E-state index < -0.39 is 10.0 Å². The molecule has 0 unspecified atom stereocenters. The summed E-state index contributed by atoms with van der Waals surface area (Å²) in [5.74, 6) is 0.407. The van der Waals surface area contributed by atoms with Gasteiger partial charge in [-0.25, -0.2) is 8.42 Å². The first-order chi connectivity index (χ1) is 12.1. The highest BCUT2D eigenvalue weighted by molar-refractivity contribution is 7.89. The Hall–Kier alpha value is -1.40. The van der Waals surface area contributed by atoms with Crippen LogP contribution in [0.1, 0.15) is 62.9 Å². The molecule has 0 aromatic heterocycles. The second-order valence-electron chi connectivity index (χ2n) is 7.93. The van der Waals surface area contributed by atoms with Crippen LogP contribution in [0.5, 0.6) is 0 Å². The minimum absolute atomic E-state index is 0.0456. The molecule has 0 bridgehead atoms. The molecule has 1 saturated heterocycles. The van der Waals surface area contributed by atoms with Gasteiger partial charge in [0.1, 0.15) is 0 Å². The molecule has 0 saturated carbocycles. The summed E-state index contributed by atoms with van der Waals surface area (Å²) >= 11 is 0. The molecule has 1 aromatic carbocycles. The minimum atomic E-state index is -3.54. The monoisotopic (exact) mass is 380 g/mol. The van der Waals surface area contributed by atoms with Gasteiger partial charge in [0.05, 0.1) is 4.90 Å². The summed E-state index contributed by atoms with van der Waals surface area (Å²) in [6.07, 6.45) is 2.85. The number of nitrogens with one attached hydrogen (secondary N) is 1. The quantitative estimate of drug-likeness (QED) is 0.820. The van der Waals surface area contributed by atoms with Gasteiger partial charge in [0, 0.05) is 24.7 Å². The van der Waals surface area contributed by atoms with Crippen molar-refractivity contribution in [2.24, 2.45) is 11.8 Å². The maximum Gasteiger partial charge on any atom is 0.251 e. The highest BCUT2D eigenvalue weighted by Crippen LogP contribution is 2.23. The van der Waals surface area contributed by atoms with Gasteiger partial charge in [-0.1, -0.05) is 40.2 Å². The molecule has 0 aliphatic carbocycles. The summed E-state index contributed by atoms with van der Waals surface area (Å²) in [5.41, 5.74) is 1.22. The molecule has 1 N–H and O–H groups in total. The predicted octanol–water partition coefficient (Wildman–Crippen LogP) is 3.58. The van der Waals surface area contributed by atoms with Crippen LogP contribution in [0.25, 0.3) is 0 Å². The number of rotatable bonds is 6. The number of amides is 1. The molecule has 146 valence electrons. The number of hydrogen-bond donors (Lipinski definition) is 1. The van der Waals surface area contributed by atoms with Crippen LogP contribution in [0.2, 0.25) is 0 Å². The van der Waals surface area contributed by atoms with Crippen LogP contribution < -0.4 is 5.32 Å². The molecule has 1 heterocycles. The summed E-state index contributed by atoms with van der Waals surface area (Å²) in [5, 5.41) is 3.08. The van der Waals surface area contributed by atoms with Crippen LogP contribution in [0.4, 0.5) is 0 Å². The van der Waals surface area contributed by atoms with Crippen LogP contribution in [0.3, 0.4) is 0 Å². The second kappa shape index (κ2) is 8.53. The van der Waals surface area contributed by atoms with Gasteiger partial charge in [-0.05, 0) is 49.3 Å². The largest absolute Gasteiger partial charge is 0.349 e. The van der Waals surface area contributed by atoms with E-state index >= 15 is 0 Å². The van der Waals surface area contributed by atoms with E-state index in [4.69, 9.17) is 0 Å². The van der Waals surface area contributed by atoms with E-state index in [1.54, 1.807) is 12.1 Å². The van der Waals surface area contributed by atoms with E-state index in [1.807, 2.05) is 6.92 Å². The van der Waals surface area contributed by atoms with E-state index in [9.17, 15) is 13.2 Å². The molecule has 0 radical (unpaired) electrons. The molecular formula is C20H32N2O3S. The zero-order valence-electron chi connectivity index (χ0n) is 16.6. The average Bonchev–Trinajstić information content (AvgIpc) is 2.59. The average molecular weight is 381 g/mol. The number of benzene rings is 1. The van der Waals surface area contributed by atoms with Crippen LogP contribution in [0, 0.1) is 18.8 Å². The van der Waals surface area contributed by atoms with E-state index in [2.05, 4.69) is 33.0 Å². The first-order valence-corrected chi connectivity index (χ1v) is 11.0. The Balaban J connectivity index is 2.30. The standard InChI is InChI=1S/C20H32N2O3S/c1-14(2)19(15(3)4)21-20(23)18-13-17(10-9-16(18)5)26(24,25)22-11-7-6-8-12-22/h9-10,13-15,19H,6-8,11-12H2,1-5H3,(H,21,23). The molecule has 5 nitrogen and oxygen atoms in total. The van der Waals surface area contributed by atoms with Crippen LogP contribution >= 0.6 is 0 Å². The molecule has 1 aliphatic rings. The van der Waals surface area contributed by atoms with Crippen LogP contribution in [-0.2, 0) is 10.0 Å². The third-order valence-electron chi connectivity index (χ3n) is 5.14. The zero-order chi connectivity index (χ0) is 19.5. The number of hydrogen-bond acceptors (Lipinski definition) is 3. The summed E-state index contributed by atoms with van der Waals surface area (Å²) in [6.45, 7) is 11.3. The number of sulfonamides is 1. The molecule has 1 aromatic rings. The summed E-state index contributed by atoms with van der Waals surface area (Å²) in [6, 6.07) is 4.92. The van der Waals surface area contributed by atoms with Crippen molar-refractivity contribution < 1.29 is 13.2 Å². The van der Waals surface area contributed by atoms with Crippen LogP contribution in [-0.4, -0.2) is 37.8 Å². The topological polar surface area (TPSA) is 66.5 Å². The Morgan fingerprint density at radius 2 is 1.62 bits per heavy atom. The summed E-state index contributed by atoms with van der Waals surface area (Å²) in [7, 11) is -3.54. The van der Waals surface area contributed by atoms with Crippen molar-refractivity contribution in [3.05, 3.63) is 29.3 Å². The van der Waals surface area contributed by atoms with Gasteiger partial charge in [-0.15, -0.1) is 0 Å². The van der Waals surface area contributed by atoms with Gasteiger partial charge in [-0.3, -0.25) is 4.79 Å². The summed E-state index contributed by atoms with van der Waals surface area (Å²) in [4.78, 5) is 13.0.